The molecule has 1 aliphatic heterocycles. The van der Waals surface area contributed by atoms with Crippen LogP contribution in [0, 0.1) is 0 Å². The number of amides is 2. The number of hydrogen-bond donors (Lipinski definition) is 0. The minimum absolute atomic E-state index is 0.158. The Bertz CT molecular complexity index is 473. The van der Waals surface area contributed by atoms with E-state index >= 15 is 0 Å². The fraction of sp³-hybridized carbons (Fsp3) is 0.529. The number of rotatable bonds is 4. The molecule has 2 rings (SSSR count). The summed E-state index contributed by atoms with van der Waals surface area (Å²) in [5, 5.41) is 0. The molecule has 0 bridgehead atoms. The zero-order valence-electron chi connectivity index (χ0n) is 12.8. The van der Waals surface area contributed by atoms with Gasteiger partial charge in [0.1, 0.15) is 0 Å². The number of carbonyl (C=O) groups is 2. The van der Waals surface area contributed by atoms with E-state index in [-0.39, 0.29) is 11.8 Å². The van der Waals surface area contributed by atoms with E-state index in [4.69, 9.17) is 0 Å². The second-order valence-corrected chi connectivity index (χ2v) is 5.53. The summed E-state index contributed by atoms with van der Waals surface area (Å²) < 4.78 is 0. The van der Waals surface area contributed by atoms with Crippen molar-refractivity contribution in [1.82, 2.24) is 9.80 Å². The lowest BCUT2D eigenvalue weighted by Crippen LogP contribution is -2.37. The van der Waals surface area contributed by atoms with Crippen molar-refractivity contribution in [2.75, 3.05) is 26.2 Å². The fourth-order valence-electron chi connectivity index (χ4n) is 2.67. The summed E-state index contributed by atoms with van der Waals surface area (Å²) >= 11 is 0. The molecule has 4 nitrogen and oxygen atoms in total. The van der Waals surface area contributed by atoms with Gasteiger partial charge in [-0.05, 0) is 18.4 Å². The van der Waals surface area contributed by atoms with Gasteiger partial charge in [0.2, 0.25) is 11.8 Å². The van der Waals surface area contributed by atoms with Gasteiger partial charge in [0.05, 0.1) is 6.42 Å². The van der Waals surface area contributed by atoms with Crippen LogP contribution in [0.3, 0.4) is 0 Å². The number of carbonyl (C=O) groups excluding carboxylic acids is 2. The smallest absolute Gasteiger partial charge is 0.227 e. The van der Waals surface area contributed by atoms with Crippen molar-refractivity contribution >= 4 is 11.8 Å². The molecule has 0 aromatic heterocycles. The molecular weight excluding hydrogens is 264 g/mol. The first-order valence-electron chi connectivity index (χ1n) is 7.80. The maximum atomic E-state index is 12.3. The van der Waals surface area contributed by atoms with Gasteiger partial charge in [-0.2, -0.15) is 0 Å². The Kier molecular flexibility index (Phi) is 5.78. The largest absolute Gasteiger partial charge is 0.341 e. The van der Waals surface area contributed by atoms with Crippen LogP contribution >= 0.6 is 0 Å². The standard InChI is InChI=1S/C17H24N2O2/c1-2-7-16(20)18-10-6-11-19(13-12-18)17(21)14-15-8-4-3-5-9-15/h3-5,8-9H,2,6-7,10-14H2,1H3. The third-order valence-electron chi connectivity index (χ3n) is 3.86. The lowest BCUT2D eigenvalue weighted by Gasteiger charge is -2.22. The molecule has 0 saturated carbocycles. The summed E-state index contributed by atoms with van der Waals surface area (Å²) in [7, 11) is 0. The number of hydrogen-bond acceptors (Lipinski definition) is 2. The van der Waals surface area contributed by atoms with E-state index in [2.05, 4.69) is 0 Å². The van der Waals surface area contributed by atoms with Gasteiger partial charge in [0.25, 0.3) is 0 Å². The van der Waals surface area contributed by atoms with E-state index in [9.17, 15) is 9.59 Å². The lowest BCUT2D eigenvalue weighted by molar-refractivity contribution is -0.133. The Balaban J connectivity index is 1.87. The fourth-order valence-corrected chi connectivity index (χ4v) is 2.67. The van der Waals surface area contributed by atoms with Crippen LogP contribution in [0.2, 0.25) is 0 Å². The van der Waals surface area contributed by atoms with Gasteiger partial charge < -0.3 is 9.80 Å². The van der Waals surface area contributed by atoms with Gasteiger partial charge >= 0.3 is 0 Å². The summed E-state index contributed by atoms with van der Waals surface area (Å²) in [4.78, 5) is 28.1. The number of nitrogens with zero attached hydrogens (tertiary/aromatic N) is 2. The molecule has 1 heterocycles. The topological polar surface area (TPSA) is 40.6 Å². The second kappa shape index (κ2) is 7.81. The molecule has 0 unspecified atom stereocenters. The molecule has 1 aliphatic rings. The Morgan fingerprint density at radius 1 is 0.952 bits per heavy atom. The third kappa shape index (κ3) is 4.59. The summed E-state index contributed by atoms with van der Waals surface area (Å²) in [6.45, 7) is 4.86. The predicted molar refractivity (Wildman–Crippen MR) is 82.8 cm³/mol. The van der Waals surface area contributed by atoms with Crippen molar-refractivity contribution < 1.29 is 9.59 Å². The van der Waals surface area contributed by atoms with Crippen molar-refractivity contribution in [3.05, 3.63) is 35.9 Å². The van der Waals surface area contributed by atoms with E-state index < -0.39 is 0 Å². The van der Waals surface area contributed by atoms with Crippen molar-refractivity contribution in [3.8, 4) is 0 Å². The summed E-state index contributed by atoms with van der Waals surface area (Å²) in [6, 6.07) is 9.82. The zero-order chi connectivity index (χ0) is 15.1. The Labute approximate surface area is 126 Å². The lowest BCUT2D eigenvalue weighted by atomic mass is 10.1. The van der Waals surface area contributed by atoms with Gasteiger partial charge in [-0.25, -0.2) is 0 Å². The molecule has 0 spiro atoms. The molecule has 0 aliphatic carbocycles. The van der Waals surface area contributed by atoms with Crippen LogP contribution in [0.4, 0.5) is 0 Å². The van der Waals surface area contributed by atoms with Crippen LogP contribution in [-0.2, 0) is 16.0 Å². The molecule has 0 N–H and O–H groups in total. The second-order valence-electron chi connectivity index (χ2n) is 5.53. The molecule has 1 aromatic carbocycles. The molecule has 114 valence electrons. The van der Waals surface area contributed by atoms with Crippen LogP contribution in [0.1, 0.15) is 31.7 Å². The predicted octanol–water partition coefficient (Wildman–Crippen LogP) is 2.09. The molecule has 21 heavy (non-hydrogen) atoms. The molecule has 1 fully saturated rings. The zero-order valence-corrected chi connectivity index (χ0v) is 12.8. The highest BCUT2D eigenvalue weighted by molar-refractivity contribution is 5.79. The monoisotopic (exact) mass is 288 g/mol. The molecule has 0 radical (unpaired) electrons. The maximum Gasteiger partial charge on any atom is 0.227 e. The van der Waals surface area contributed by atoms with Crippen molar-refractivity contribution in [2.45, 2.75) is 32.6 Å². The van der Waals surface area contributed by atoms with Crippen LogP contribution in [-0.4, -0.2) is 47.8 Å². The third-order valence-corrected chi connectivity index (χ3v) is 3.86. The highest BCUT2D eigenvalue weighted by atomic mass is 16.2. The Morgan fingerprint density at radius 2 is 1.57 bits per heavy atom. The van der Waals surface area contributed by atoms with Crippen LogP contribution in [0.15, 0.2) is 30.3 Å². The Hall–Kier alpha value is -1.84. The highest BCUT2D eigenvalue weighted by Crippen LogP contribution is 2.09. The van der Waals surface area contributed by atoms with Crippen molar-refractivity contribution in [3.63, 3.8) is 0 Å². The first-order valence-corrected chi connectivity index (χ1v) is 7.80. The van der Waals surface area contributed by atoms with E-state index in [0.717, 1.165) is 31.5 Å². The maximum absolute atomic E-state index is 12.3. The summed E-state index contributed by atoms with van der Waals surface area (Å²) in [5.41, 5.74) is 1.05. The highest BCUT2D eigenvalue weighted by Gasteiger charge is 2.21. The first-order chi connectivity index (χ1) is 10.2. The van der Waals surface area contributed by atoms with E-state index in [1.165, 1.54) is 0 Å². The van der Waals surface area contributed by atoms with Gasteiger partial charge in [0, 0.05) is 32.6 Å². The SMILES string of the molecule is CCCC(=O)N1CCCN(C(=O)Cc2ccccc2)CC1. The van der Waals surface area contributed by atoms with Crippen molar-refractivity contribution in [1.29, 1.82) is 0 Å². The van der Waals surface area contributed by atoms with Crippen molar-refractivity contribution in [2.24, 2.45) is 0 Å². The van der Waals surface area contributed by atoms with E-state index in [1.54, 1.807) is 0 Å². The van der Waals surface area contributed by atoms with Crippen LogP contribution < -0.4 is 0 Å². The summed E-state index contributed by atoms with van der Waals surface area (Å²) in [6.07, 6.45) is 2.81. The van der Waals surface area contributed by atoms with Gasteiger partial charge in [-0.3, -0.25) is 9.59 Å². The van der Waals surface area contributed by atoms with E-state index in [1.807, 2.05) is 47.1 Å². The first kappa shape index (κ1) is 15.5. The van der Waals surface area contributed by atoms with Gasteiger partial charge in [0.15, 0.2) is 0 Å². The molecular formula is C17H24N2O2. The van der Waals surface area contributed by atoms with Crippen LogP contribution in [0.25, 0.3) is 0 Å². The molecule has 2 amide bonds. The Morgan fingerprint density at radius 3 is 2.19 bits per heavy atom. The van der Waals surface area contributed by atoms with Gasteiger partial charge in [-0.15, -0.1) is 0 Å². The minimum atomic E-state index is 0.158. The average molecular weight is 288 g/mol. The molecule has 4 heteroatoms. The quantitative estimate of drug-likeness (QED) is 0.851. The minimum Gasteiger partial charge on any atom is -0.341 e. The van der Waals surface area contributed by atoms with Gasteiger partial charge in [-0.1, -0.05) is 37.3 Å². The average Bonchev–Trinajstić information content (AvgIpc) is 2.74. The molecule has 1 aromatic rings. The summed E-state index contributed by atoms with van der Waals surface area (Å²) in [5.74, 6) is 0.376. The molecule has 0 atom stereocenters. The number of benzene rings is 1. The molecule has 1 saturated heterocycles. The normalized spacial score (nSPS) is 15.7. The van der Waals surface area contributed by atoms with E-state index in [0.29, 0.717) is 25.9 Å². The van der Waals surface area contributed by atoms with Crippen LogP contribution in [0.5, 0.6) is 0 Å².